The number of hydrogen-bond acceptors (Lipinski definition) is 3. The Bertz CT molecular complexity index is 196. The van der Waals surface area contributed by atoms with Crippen LogP contribution in [0.25, 0.3) is 0 Å². The van der Waals surface area contributed by atoms with Crippen LogP contribution in [0.5, 0.6) is 0 Å². The molecular weight excluding hydrogens is 200 g/mol. The summed E-state index contributed by atoms with van der Waals surface area (Å²) in [6, 6.07) is 0.624. The van der Waals surface area contributed by atoms with Gasteiger partial charge < -0.3 is 10.1 Å². The number of nitrogens with zero attached hydrogens (tertiary/aromatic N) is 1. The Labute approximate surface area is 99.5 Å². The molecule has 2 atom stereocenters. The van der Waals surface area contributed by atoms with Crippen molar-refractivity contribution < 1.29 is 4.74 Å². The number of hydrogen-bond donors (Lipinski definition) is 1. The van der Waals surface area contributed by atoms with Crippen molar-refractivity contribution in [2.75, 3.05) is 26.2 Å². The minimum absolute atomic E-state index is 0.549. The summed E-state index contributed by atoms with van der Waals surface area (Å²) in [6.07, 6.45) is 6.29. The maximum Gasteiger partial charge on any atom is 0.0707 e. The lowest BCUT2D eigenvalue weighted by Crippen LogP contribution is -2.43. The van der Waals surface area contributed by atoms with Gasteiger partial charge in [0.05, 0.1) is 12.2 Å². The smallest absolute Gasteiger partial charge is 0.0707 e. The van der Waals surface area contributed by atoms with Crippen molar-refractivity contribution in [3.63, 3.8) is 0 Å². The Kier molecular flexibility index (Phi) is 4.62. The summed E-state index contributed by atoms with van der Waals surface area (Å²) in [5, 5.41) is 3.47. The van der Waals surface area contributed by atoms with Crippen molar-refractivity contribution in [2.45, 2.75) is 57.8 Å². The highest BCUT2D eigenvalue weighted by atomic mass is 16.5. The molecule has 2 aliphatic heterocycles. The molecule has 2 heterocycles. The Balaban J connectivity index is 1.53. The lowest BCUT2D eigenvalue weighted by Gasteiger charge is -2.32. The molecule has 16 heavy (non-hydrogen) atoms. The number of morpholine rings is 1. The van der Waals surface area contributed by atoms with Crippen molar-refractivity contribution in [3.05, 3.63) is 0 Å². The first-order valence-electron chi connectivity index (χ1n) is 6.85. The van der Waals surface area contributed by atoms with E-state index in [2.05, 4.69) is 24.1 Å². The molecule has 2 saturated heterocycles. The van der Waals surface area contributed by atoms with E-state index in [-0.39, 0.29) is 0 Å². The second-order valence-electron chi connectivity index (χ2n) is 5.53. The summed E-state index contributed by atoms with van der Waals surface area (Å²) in [5.74, 6) is 0. The van der Waals surface area contributed by atoms with Gasteiger partial charge in [0.1, 0.15) is 0 Å². The molecule has 0 aliphatic carbocycles. The largest absolute Gasteiger partial charge is 0.372 e. The second-order valence-corrected chi connectivity index (χ2v) is 5.53. The van der Waals surface area contributed by atoms with Crippen LogP contribution in [0.15, 0.2) is 0 Å². The van der Waals surface area contributed by atoms with Gasteiger partial charge in [-0.05, 0) is 38.8 Å². The normalized spacial score (nSPS) is 30.2. The molecule has 0 aromatic carbocycles. The summed E-state index contributed by atoms with van der Waals surface area (Å²) in [4.78, 5) is 2.60. The molecule has 0 saturated carbocycles. The van der Waals surface area contributed by atoms with Gasteiger partial charge in [0.25, 0.3) is 0 Å². The minimum Gasteiger partial charge on any atom is -0.372 e. The zero-order valence-corrected chi connectivity index (χ0v) is 10.7. The van der Waals surface area contributed by atoms with Gasteiger partial charge in [-0.2, -0.15) is 0 Å². The fourth-order valence-corrected chi connectivity index (χ4v) is 2.73. The summed E-state index contributed by atoms with van der Waals surface area (Å²) in [5.41, 5.74) is 0. The molecular formula is C13H26N2O. The van der Waals surface area contributed by atoms with Gasteiger partial charge in [0, 0.05) is 19.1 Å². The van der Waals surface area contributed by atoms with E-state index in [1.165, 1.54) is 45.3 Å². The quantitative estimate of drug-likeness (QED) is 0.697. The summed E-state index contributed by atoms with van der Waals surface area (Å²) >= 11 is 0. The first kappa shape index (κ1) is 12.3. The molecule has 0 aromatic heterocycles. The van der Waals surface area contributed by atoms with Crippen LogP contribution in [0.3, 0.4) is 0 Å². The molecule has 3 nitrogen and oxygen atoms in total. The van der Waals surface area contributed by atoms with Crippen molar-refractivity contribution >= 4 is 0 Å². The molecule has 1 N–H and O–H groups in total. The van der Waals surface area contributed by atoms with E-state index in [9.17, 15) is 0 Å². The third-order valence-corrected chi connectivity index (χ3v) is 3.57. The monoisotopic (exact) mass is 226 g/mol. The standard InChI is InChI=1S/C13H26N2O/c1-11(2)14-7-3-4-8-15-9-12-5-6-13(10-15)16-12/h11-14H,3-10H2,1-2H3. The molecule has 0 aromatic rings. The molecule has 2 unspecified atom stereocenters. The number of likely N-dealkylation sites (tertiary alicyclic amines) is 1. The predicted molar refractivity (Wildman–Crippen MR) is 66.7 cm³/mol. The molecule has 94 valence electrons. The first-order valence-corrected chi connectivity index (χ1v) is 6.85. The molecule has 2 aliphatic rings. The van der Waals surface area contributed by atoms with Gasteiger partial charge in [-0.15, -0.1) is 0 Å². The van der Waals surface area contributed by atoms with Gasteiger partial charge in [0.2, 0.25) is 0 Å². The molecule has 2 rings (SSSR count). The third kappa shape index (κ3) is 3.72. The molecule has 3 heteroatoms. The van der Waals surface area contributed by atoms with Crippen LogP contribution in [-0.2, 0) is 4.74 Å². The summed E-state index contributed by atoms with van der Waals surface area (Å²) in [7, 11) is 0. The topological polar surface area (TPSA) is 24.5 Å². The number of ether oxygens (including phenoxy) is 1. The number of unbranched alkanes of at least 4 members (excludes halogenated alkanes) is 1. The average Bonchev–Trinajstić information content (AvgIpc) is 2.57. The van der Waals surface area contributed by atoms with E-state index >= 15 is 0 Å². The summed E-state index contributed by atoms with van der Waals surface area (Å²) < 4.78 is 5.83. The highest BCUT2D eigenvalue weighted by Crippen LogP contribution is 2.26. The van der Waals surface area contributed by atoms with Crippen molar-refractivity contribution in [1.29, 1.82) is 0 Å². The highest BCUT2D eigenvalue weighted by Gasteiger charge is 2.32. The minimum atomic E-state index is 0.549. The zero-order chi connectivity index (χ0) is 11.4. The summed E-state index contributed by atoms with van der Waals surface area (Å²) in [6.45, 7) is 9.19. The van der Waals surface area contributed by atoms with Crippen LogP contribution in [0.4, 0.5) is 0 Å². The van der Waals surface area contributed by atoms with Crippen LogP contribution in [0, 0.1) is 0 Å². The van der Waals surface area contributed by atoms with E-state index in [4.69, 9.17) is 4.74 Å². The van der Waals surface area contributed by atoms with Crippen molar-refractivity contribution in [2.24, 2.45) is 0 Å². The van der Waals surface area contributed by atoms with Crippen molar-refractivity contribution in [1.82, 2.24) is 10.2 Å². The lowest BCUT2D eigenvalue weighted by atomic mass is 10.2. The lowest BCUT2D eigenvalue weighted by molar-refractivity contribution is -0.0385. The molecule has 2 bridgehead atoms. The van der Waals surface area contributed by atoms with Gasteiger partial charge in [0.15, 0.2) is 0 Å². The third-order valence-electron chi connectivity index (χ3n) is 3.57. The van der Waals surface area contributed by atoms with E-state index in [1.54, 1.807) is 0 Å². The fraction of sp³-hybridized carbons (Fsp3) is 1.00. The van der Waals surface area contributed by atoms with Crippen LogP contribution in [-0.4, -0.2) is 49.3 Å². The van der Waals surface area contributed by atoms with E-state index in [0.29, 0.717) is 18.2 Å². The first-order chi connectivity index (χ1) is 7.74. The van der Waals surface area contributed by atoms with E-state index in [0.717, 1.165) is 6.54 Å². The molecule has 0 spiro atoms. The Morgan fingerprint density at radius 2 is 1.88 bits per heavy atom. The number of nitrogens with one attached hydrogen (secondary N) is 1. The molecule has 0 amide bonds. The van der Waals surface area contributed by atoms with Crippen LogP contribution in [0.2, 0.25) is 0 Å². The number of rotatable bonds is 6. The van der Waals surface area contributed by atoms with E-state index in [1.807, 2.05) is 0 Å². The van der Waals surface area contributed by atoms with Gasteiger partial charge in [-0.3, -0.25) is 4.90 Å². The van der Waals surface area contributed by atoms with Gasteiger partial charge in [-0.1, -0.05) is 13.8 Å². The Hall–Kier alpha value is -0.120. The average molecular weight is 226 g/mol. The molecule has 2 fully saturated rings. The molecule has 0 radical (unpaired) electrons. The van der Waals surface area contributed by atoms with E-state index < -0.39 is 0 Å². The number of fused-ring (bicyclic) bond motifs is 2. The van der Waals surface area contributed by atoms with Gasteiger partial charge in [-0.25, -0.2) is 0 Å². The fourth-order valence-electron chi connectivity index (χ4n) is 2.73. The second kappa shape index (κ2) is 5.99. The van der Waals surface area contributed by atoms with Gasteiger partial charge >= 0.3 is 0 Å². The Morgan fingerprint density at radius 3 is 2.50 bits per heavy atom. The Morgan fingerprint density at radius 1 is 1.19 bits per heavy atom. The van der Waals surface area contributed by atoms with Crippen LogP contribution >= 0.6 is 0 Å². The predicted octanol–water partition coefficient (Wildman–Crippen LogP) is 1.63. The van der Waals surface area contributed by atoms with Crippen LogP contribution < -0.4 is 5.32 Å². The zero-order valence-electron chi connectivity index (χ0n) is 10.7. The van der Waals surface area contributed by atoms with Crippen molar-refractivity contribution in [3.8, 4) is 0 Å². The highest BCUT2D eigenvalue weighted by molar-refractivity contribution is 4.84. The maximum atomic E-state index is 5.83. The van der Waals surface area contributed by atoms with Crippen LogP contribution in [0.1, 0.15) is 39.5 Å². The maximum absolute atomic E-state index is 5.83. The SMILES string of the molecule is CC(C)NCCCCN1CC2CCC(C1)O2.